The molecule has 0 heterocycles. The largest absolute Gasteiger partial charge is 0.409 e. The van der Waals surface area contributed by atoms with E-state index in [1.807, 2.05) is 13.8 Å². The van der Waals surface area contributed by atoms with E-state index in [0.29, 0.717) is 26.0 Å². The number of hydrogen-bond donors (Lipinski definition) is 3. The second-order valence-electron chi connectivity index (χ2n) is 5.30. The number of hydrogen-bond acceptors (Lipinski definition) is 4. The highest BCUT2D eigenvalue weighted by atomic mass is 16.5. The normalized spacial score (nSPS) is 19.4. The Morgan fingerprint density at radius 3 is 2.58 bits per heavy atom. The van der Waals surface area contributed by atoms with Gasteiger partial charge >= 0.3 is 0 Å². The van der Waals surface area contributed by atoms with Crippen molar-refractivity contribution in [3.8, 4) is 0 Å². The molecular formula is C13H25N3O3. The topological polar surface area (TPSA) is 96.9 Å². The standard InChI is InChI=1S/C13H25N3O3/c1-10(2)19-9-8-15-12(17)13(11(14)16-18)6-4-3-5-7-13/h10,18H,3-9H2,1-2H3,(H2,14,16)(H,15,17). The lowest BCUT2D eigenvalue weighted by molar-refractivity contribution is -0.129. The minimum Gasteiger partial charge on any atom is -0.409 e. The zero-order valence-corrected chi connectivity index (χ0v) is 11.8. The molecule has 6 nitrogen and oxygen atoms in total. The van der Waals surface area contributed by atoms with Crippen LogP contribution in [0.2, 0.25) is 0 Å². The highest BCUT2D eigenvalue weighted by Gasteiger charge is 2.43. The van der Waals surface area contributed by atoms with E-state index >= 15 is 0 Å². The van der Waals surface area contributed by atoms with Crippen molar-refractivity contribution in [2.24, 2.45) is 16.3 Å². The number of nitrogens with two attached hydrogens (primary N) is 1. The smallest absolute Gasteiger partial charge is 0.234 e. The SMILES string of the molecule is CC(C)OCCNC(=O)C1(C(N)=NO)CCCCC1. The second-order valence-corrected chi connectivity index (χ2v) is 5.30. The fourth-order valence-electron chi connectivity index (χ4n) is 2.48. The molecule has 0 atom stereocenters. The first kappa shape index (κ1) is 15.8. The molecule has 110 valence electrons. The van der Waals surface area contributed by atoms with E-state index in [9.17, 15) is 4.79 Å². The fraction of sp³-hybridized carbons (Fsp3) is 0.846. The van der Waals surface area contributed by atoms with Gasteiger partial charge in [0.15, 0.2) is 5.84 Å². The average Bonchev–Trinajstić information content (AvgIpc) is 2.42. The lowest BCUT2D eigenvalue weighted by Gasteiger charge is -2.34. The summed E-state index contributed by atoms with van der Waals surface area (Å²) in [5.74, 6) is -0.135. The van der Waals surface area contributed by atoms with Crippen LogP contribution in [0.3, 0.4) is 0 Å². The molecule has 0 bridgehead atoms. The molecule has 6 heteroatoms. The molecule has 0 aromatic rings. The van der Waals surface area contributed by atoms with Crippen LogP contribution in [-0.4, -0.2) is 36.2 Å². The van der Waals surface area contributed by atoms with Gasteiger partial charge in [-0.2, -0.15) is 0 Å². The molecule has 0 radical (unpaired) electrons. The van der Waals surface area contributed by atoms with Gasteiger partial charge in [0, 0.05) is 6.54 Å². The summed E-state index contributed by atoms with van der Waals surface area (Å²) >= 11 is 0. The third-order valence-corrected chi connectivity index (χ3v) is 3.58. The van der Waals surface area contributed by atoms with Crippen LogP contribution in [0.1, 0.15) is 46.0 Å². The van der Waals surface area contributed by atoms with Gasteiger partial charge in [0.05, 0.1) is 12.7 Å². The van der Waals surface area contributed by atoms with Crippen molar-refractivity contribution < 1.29 is 14.7 Å². The Bertz CT molecular complexity index is 323. The molecule has 0 saturated heterocycles. The number of ether oxygens (including phenoxy) is 1. The van der Waals surface area contributed by atoms with Gasteiger partial charge in [0.2, 0.25) is 5.91 Å². The lowest BCUT2D eigenvalue weighted by atomic mass is 9.72. The summed E-state index contributed by atoms with van der Waals surface area (Å²) in [5.41, 5.74) is 4.90. The molecule has 4 N–H and O–H groups in total. The molecule has 0 unspecified atom stereocenters. The van der Waals surface area contributed by atoms with Gasteiger partial charge in [-0.3, -0.25) is 4.79 Å². The van der Waals surface area contributed by atoms with Crippen molar-refractivity contribution in [1.82, 2.24) is 5.32 Å². The van der Waals surface area contributed by atoms with Crippen LogP contribution in [-0.2, 0) is 9.53 Å². The molecule has 1 amide bonds. The second kappa shape index (κ2) is 7.33. The third kappa shape index (κ3) is 4.09. The van der Waals surface area contributed by atoms with Crippen LogP contribution < -0.4 is 11.1 Å². The predicted octanol–water partition coefficient (Wildman–Crippen LogP) is 1.22. The van der Waals surface area contributed by atoms with Crippen molar-refractivity contribution in [2.45, 2.75) is 52.1 Å². The van der Waals surface area contributed by atoms with Crippen LogP contribution in [0.4, 0.5) is 0 Å². The molecule has 0 spiro atoms. The van der Waals surface area contributed by atoms with Crippen LogP contribution in [0, 0.1) is 5.41 Å². The summed E-state index contributed by atoms with van der Waals surface area (Å²) in [6.07, 6.45) is 4.35. The number of rotatable bonds is 6. The summed E-state index contributed by atoms with van der Waals surface area (Å²) in [5, 5.41) is 14.8. The van der Waals surface area contributed by atoms with Gasteiger partial charge in [-0.15, -0.1) is 0 Å². The van der Waals surface area contributed by atoms with Crippen molar-refractivity contribution in [3.63, 3.8) is 0 Å². The van der Waals surface area contributed by atoms with Gasteiger partial charge in [-0.1, -0.05) is 24.4 Å². The monoisotopic (exact) mass is 271 g/mol. The first-order chi connectivity index (χ1) is 9.03. The Hall–Kier alpha value is -1.30. The maximum atomic E-state index is 12.3. The lowest BCUT2D eigenvalue weighted by Crippen LogP contribution is -2.51. The van der Waals surface area contributed by atoms with E-state index in [0.717, 1.165) is 19.3 Å². The summed E-state index contributed by atoms with van der Waals surface area (Å²) in [7, 11) is 0. The van der Waals surface area contributed by atoms with Gasteiger partial charge in [-0.25, -0.2) is 0 Å². The van der Waals surface area contributed by atoms with Gasteiger partial charge in [0.1, 0.15) is 5.41 Å². The molecular weight excluding hydrogens is 246 g/mol. The van der Waals surface area contributed by atoms with E-state index in [1.165, 1.54) is 0 Å². The van der Waals surface area contributed by atoms with Crippen molar-refractivity contribution in [3.05, 3.63) is 0 Å². The zero-order valence-electron chi connectivity index (χ0n) is 11.8. The van der Waals surface area contributed by atoms with Gasteiger partial charge in [0.25, 0.3) is 0 Å². The summed E-state index contributed by atoms with van der Waals surface area (Å²) < 4.78 is 5.37. The number of carbonyl (C=O) groups is 1. The molecule has 19 heavy (non-hydrogen) atoms. The van der Waals surface area contributed by atoms with E-state index in [1.54, 1.807) is 0 Å². The molecule has 0 aromatic carbocycles. The summed E-state index contributed by atoms with van der Waals surface area (Å²) in [4.78, 5) is 12.3. The van der Waals surface area contributed by atoms with Crippen LogP contribution in [0.5, 0.6) is 0 Å². The first-order valence-electron chi connectivity index (χ1n) is 6.91. The highest BCUT2D eigenvalue weighted by molar-refractivity contribution is 6.06. The minimum atomic E-state index is -0.842. The van der Waals surface area contributed by atoms with Crippen LogP contribution in [0.15, 0.2) is 5.16 Å². The molecule has 1 aliphatic carbocycles. The third-order valence-electron chi connectivity index (χ3n) is 3.58. The average molecular weight is 271 g/mol. The summed E-state index contributed by atoms with van der Waals surface area (Å²) in [6, 6.07) is 0. The number of carbonyl (C=O) groups excluding carboxylic acids is 1. The predicted molar refractivity (Wildman–Crippen MR) is 73.0 cm³/mol. The van der Waals surface area contributed by atoms with Crippen LogP contribution in [0.25, 0.3) is 0 Å². The molecule has 0 aliphatic heterocycles. The van der Waals surface area contributed by atoms with E-state index in [4.69, 9.17) is 15.7 Å². The number of amidine groups is 1. The zero-order chi connectivity index (χ0) is 14.3. The highest BCUT2D eigenvalue weighted by Crippen LogP contribution is 2.36. The number of nitrogens with zero attached hydrogens (tertiary/aromatic N) is 1. The van der Waals surface area contributed by atoms with Gasteiger partial charge < -0.3 is 21.0 Å². The minimum absolute atomic E-state index is 0.0227. The van der Waals surface area contributed by atoms with Gasteiger partial charge in [-0.05, 0) is 26.7 Å². The Morgan fingerprint density at radius 2 is 2.05 bits per heavy atom. The maximum absolute atomic E-state index is 12.3. The van der Waals surface area contributed by atoms with E-state index in [2.05, 4.69) is 10.5 Å². The van der Waals surface area contributed by atoms with Crippen molar-refractivity contribution in [2.75, 3.05) is 13.2 Å². The Morgan fingerprint density at radius 1 is 1.42 bits per heavy atom. The molecule has 1 saturated carbocycles. The van der Waals surface area contributed by atoms with E-state index < -0.39 is 5.41 Å². The number of nitrogens with one attached hydrogen (secondary N) is 1. The first-order valence-corrected chi connectivity index (χ1v) is 6.91. The quantitative estimate of drug-likeness (QED) is 0.222. The van der Waals surface area contributed by atoms with Crippen molar-refractivity contribution >= 4 is 11.7 Å². The van der Waals surface area contributed by atoms with E-state index in [-0.39, 0.29) is 17.8 Å². The maximum Gasteiger partial charge on any atom is 0.234 e. The van der Waals surface area contributed by atoms with Crippen molar-refractivity contribution in [1.29, 1.82) is 0 Å². The molecule has 0 aromatic heterocycles. The van der Waals surface area contributed by atoms with Crippen LogP contribution >= 0.6 is 0 Å². The fourth-order valence-corrected chi connectivity index (χ4v) is 2.48. The Kier molecular flexibility index (Phi) is 6.08. The Labute approximate surface area is 114 Å². The Balaban J connectivity index is 2.58. The number of amides is 1. The molecule has 1 fully saturated rings. The number of oxime groups is 1. The molecule has 1 aliphatic rings. The summed E-state index contributed by atoms with van der Waals surface area (Å²) in [6.45, 7) is 4.80. The molecule has 1 rings (SSSR count).